The van der Waals surface area contributed by atoms with Crippen molar-refractivity contribution in [2.45, 2.75) is 0 Å². The van der Waals surface area contributed by atoms with Crippen LogP contribution in [0.4, 0.5) is 0 Å². The molecule has 6 nitrogen and oxygen atoms in total. The Kier molecular flexibility index (Phi) is 6.49. The average Bonchev–Trinajstić information content (AvgIpc) is 3.13. The van der Waals surface area contributed by atoms with Crippen molar-refractivity contribution in [3.63, 3.8) is 0 Å². The van der Waals surface area contributed by atoms with Crippen LogP contribution in [0.3, 0.4) is 0 Å². The lowest BCUT2D eigenvalue weighted by atomic mass is 10.2. The van der Waals surface area contributed by atoms with Crippen molar-refractivity contribution in [1.29, 1.82) is 0 Å². The van der Waals surface area contributed by atoms with E-state index < -0.39 is 0 Å². The van der Waals surface area contributed by atoms with Crippen LogP contribution in [0.5, 0.6) is 11.5 Å². The number of ether oxygens (including phenoxy) is 2. The summed E-state index contributed by atoms with van der Waals surface area (Å²) in [7, 11) is 0. The summed E-state index contributed by atoms with van der Waals surface area (Å²) in [5.74, 6) is 1.24. The number of aromatic nitrogens is 3. The SMILES string of the molecule is Clc1cc(Cl)c(OCCOc2ccc(Br)cc2)c(/C=N\n2cnnc2)c1. The first-order valence-electron chi connectivity index (χ1n) is 7.51. The summed E-state index contributed by atoms with van der Waals surface area (Å²) in [6.45, 7) is 0.674. The Morgan fingerprint density at radius 2 is 1.73 bits per heavy atom. The summed E-state index contributed by atoms with van der Waals surface area (Å²) < 4.78 is 13.9. The Balaban J connectivity index is 1.65. The third kappa shape index (κ3) is 5.20. The van der Waals surface area contributed by atoms with Crippen LogP contribution in [0.1, 0.15) is 5.56 Å². The molecule has 3 rings (SSSR count). The monoisotopic (exact) mass is 454 g/mol. The highest BCUT2D eigenvalue weighted by atomic mass is 79.9. The normalized spacial score (nSPS) is 11.0. The number of hydrogen-bond acceptors (Lipinski definition) is 5. The highest BCUT2D eigenvalue weighted by Crippen LogP contribution is 2.31. The van der Waals surface area contributed by atoms with E-state index in [0.717, 1.165) is 10.2 Å². The van der Waals surface area contributed by atoms with E-state index in [1.165, 1.54) is 17.3 Å². The van der Waals surface area contributed by atoms with Crippen LogP contribution < -0.4 is 9.47 Å². The standard InChI is InChI=1S/C17H13BrCl2N4O2/c18-13-1-3-15(4-2-13)25-5-6-26-17-12(7-14(19)8-16(17)20)9-23-24-10-21-22-11-24/h1-4,7-11H,5-6H2/b23-9-. The van der Waals surface area contributed by atoms with Gasteiger partial charge in [0.15, 0.2) is 0 Å². The van der Waals surface area contributed by atoms with Crippen molar-refractivity contribution in [2.24, 2.45) is 5.10 Å². The third-order valence-corrected chi connectivity index (χ3v) is 4.21. The van der Waals surface area contributed by atoms with Crippen LogP contribution in [0.2, 0.25) is 10.0 Å². The van der Waals surface area contributed by atoms with Crippen molar-refractivity contribution in [3.8, 4) is 11.5 Å². The minimum Gasteiger partial charge on any atom is -0.490 e. The zero-order valence-electron chi connectivity index (χ0n) is 13.3. The van der Waals surface area contributed by atoms with Gasteiger partial charge >= 0.3 is 0 Å². The zero-order valence-corrected chi connectivity index (χ0v) is 16.4. The van der Waals surface area contributed by atoms with Gasteiger partial charge in [0, 0.05) is 15.1 Å². The minimum absolute atomic E-state index is 0.310. The molecule has 0 aliphatic rings. The Bertz CT molecular complexity index is 887. The van der Waals surface area contributed by atoms with Crippen molar-refractivity contribution in [3.05, 3.63) is 69.1 Å². The van der Waals surface area contributed by atoms with Gasteiger partial charge in [-0.3, -0.25) is 0 Å². The predicted octanol–water partition coefficient (Wildman–Crippen LogP) is 4.69. The summed E-state index contributed by atoms with van der Waals surface area (Å²) in [6.07, 6.45) is 4.51. The molecule has 26 heavy (non-hydrogen) atoms. The molecule has 1 heterocycles. The van der Waals surface area contributed by atoms with Gasteiger partial charge in [-0.15, -0.1) is 10.2 Å². The molecule has 0 radical (unpaired) electrons. The van der Waals surface area contributed by atoms with Crippen molar-refractivity contribution in [2.75, 3.05) is 13.2 Å². The predicted molar refractivity (Wildman–Crippen MR) is 105 cm³/mol. The maximum atomic E-state index is 6.26. The van der Waals surface area contributed by atoms with Crippen LogP contribution >= 0.6 is 39.1 Å². The molecule has 2 aromatic carbocycles. The maximum Gasteiger partial charge on any atom is 0.147 e. The van der Waals surface area contributed by atoms with Gasteiger partial charge in [-0.1, -0.05) is 39.1 Å². The van der Waals surface area contributed by atoms with E-state index in [-0.39, 0.29) is 0 Å². The molecule has 0 N–H and O–H groups in total. The first kappa shape index (κ1) is 18.7. The van der Waals surface area contributed by atoms with Gasteiger partial charge in [-0.05, 0) is 36.4 Å². The summed E-state index contributed by atoms with van der Waals surface area (Å²) in [4.78, 5) is 0. The van der Waals surface area contributed by atoms with Crippen LogP contribution in [0, 0.1) is 0 Å². The van der Waals surface area contributed by atoms with E-state index in [0.29, 0.717) is 34.6 Å². The molecule has 0 spiro atoms. The molecule has 1 aromatic heterocycles. The van der Waals surface area contributed by atoms with Gasteiger partial charge in [0.1, 0.15) is 37.4 Å². The molecule has 0 bridgehead atoms. The number of rotatable bonds is 7. The molecule has 0 saturated heterocycles. The molecular weight excluding hydrogens is 443 g/mol. The second-order valence-corrected chi connectivity index (χ2v) is 6.80. The van der Waals surface area contributed by atoms with E-state index >= 15 is 0 Å². The van der Waals surface area contributed by atoms with E-state index in [9.17, 15) is 0 Å². The Morgan fingerprint density at radius 1 is 1.04 bits per heavy atom. The largest absolute Gasteiger partial charge is 0.490 e. The Labute approximate surface area is 168 Å². The number of hydrogen-bond donors (Lipinski definition) is 0. The molecule has 0 aliphatic carbocycles. The van der Waals surface area contributed by atoms with Gasteiger partial charge in [-0.2, -0.15) is 5.10 Å². The highest BCUT2D eigenvalue weighted by molar-refractivity contribution is 9.10. The molecule has 0 saturated carbocycles. The lowest BCUT2D eigenvalue weighted by molar-refractivity contribution is 0.217. The Morgan fingerprint density at radius 3 is 2.46 bits per heavy atom. The smallest absolute Gasteiger partial charge is 0.147 e. The van der Waals surface area contributed by atoms with Crippen molar-refractivity contribution >= 4 is 45.3 Å². The van der Waals surface area contributed by atoms with Crippen LogP contribution in [0.25, 0.3) is 0 Å². The third-order valence-electron chi connectivity index (χ3n) is 3.19. The number of nitrogens with zero attached hydrogens (tertiary/aromatic N) is 4. The van der Waals surface area contributed by atoms with E-state index in [2.05, 4.69) is 31.2 Å². The van der Waals surface area contributed by atoms with Gasteiger partial charge in [0.2, 0.25) is 0 Å². The lowest BCUT2D eigenvalue weighted by Gasteiger charge is -2.12. The molecule has 0 unspecified atom stereocenters. The topological polar surface area (TPSA) is 61.5 Å². The van der Waals surface area contributed by atoms with Gasteiger partial charge in [0.25, 0.3) is 0 Å². The fraction of sp³-hybridized carbons (Fsp3) is 0.118. The van der Waals surface area contributed by atoms with Crippen LogP contribution in [-0.2, 0) is 0 Å². The molecule has 0 amide bonds. The fourth-order valence-corrected chi connectivity index (χ4v) is 2.87. The lowest BCUT2D eigenvalue weighted by Crippen LogP contribution is -2.10. The van der Waals surface area contributed by atoms with Crippen LogP contribution in [-0.4, -0.2) is 34.3 Å². The highest BCUT2D eigenvalue weighted by Gasteiger charge is 2.10. The van der Waals surface area contributed by atoms with Crippen LogP contribution in [0.15, 0.2) is 58.6 Å². The van der Waals surface area contributed by atoms with Crippen molar-refractivity contribution in [1.82, 2.24) is 14.9 Å². The van der Waals surface area contributed by atoms with E-state index in [4.69, 9.17) is 32.7 Å². The molecular formula is C17H13BrCl2N4O2. The van der Waals surface area contributed by atoms with Gasteiger partial charge in [0.05, 0.1) is 11.2 Å². The van der Waals surface area contributed by atoms with Gasteiger partial charge in [-0.25, -0.2) is 4.68 Å². The van der Waals surface area contributed by atoms with E-state index in [1.807, 2.05) is 24.3 Å². The minimum atomic E-state index is 0.310. The maximum absolute atomic E-state index is 6.26. The molecule has 0 aliphatic heterocycles. The summed E-state index contributed by atoms with van der Waals surface area (Å²) >= 11 is 15.7. The van der Waals surface area contributed by atoms with Crippen molar-refractivity contribution < 1.29 is 9.47 Å². The molecule has 134 valence electrons. The first-order chi connectivity index (χ1) is 12.6. The second-order valence-electron chi connectivity index (χ2n) is 5.04. The zero-order chi connectivity index (χ0) is 18.4. The number of halogens is 3. The average molecular weight is 456 g/mol. The van der Waals surface area contributed by atoms with Gasteiger partial charge < -0.3 is 9.47 Å². The van der Waals surface area contributed by atoms with E-state index in [1.54, 1.807) is 18.3 Å². The second kappa shape index (κ2) is 9.02. The number of benzene rings is 2. The molecule has 3 aromatic rings. The Hall–Kier alpha value is -2.09. The summed E-state index contributed by atoms with van der Waals surface area (Å²) in [5.41, 5.74) is 0.639. The summed E-state index contributed by atoms with van der Waals surface area (Å²) in [6, 6.07) is 10.9. The molecule has 0 atom stereocenters. The quantitative estimate of drug-likeness (QED) is 0.383. The fourth-order valence-electron chi connectivity index (χ4n) is 2.05. The molecule has 0 fully saturated rings. The summed E-state index contributed by atoms with van der Waals surface area (Å²) in [5, 5.41) is 12.4. The molecule has 9 heteroatoms. The first-order valence-corrected chi connectivity index (χ1v) is 9.06.